The van der Waals surface area contributed by atoms with Crippen molar-refractivity contribution in [2.24, 2.45) is 11.7 Å². The van der Waals surface area contributed by atoms with Gasteiger partial charge in [-0.1, -0.05) is 13.8 Å². The summed E-state index contributed by atoms with van der Waals surface area (Å²) >= 11 is 0. The molecule has 0 spiro atoms. The Balaban J connectivity index is 2.60. The van der Waals surface area contributed by atoms with Crippen LogP contribution >= 0.6 is 0 Å². The molecule has 1 amide bonds. The summed E-state index contributed by atoms with van der Waals surface area (Å²) in [6, 6.07) is 0. The van der Waals surface area contributed by atoms with Crippen molar-refractivity contribution < 1.29 is 9.53 Å². The molecule has 2 N–H and O–H groups in total. The minimum atomic E-state index is -0.779. The van der Waals surface area contributed by atoms with E-state index in [1.807, 2.05) is 4.90 Å². The fourth-order valence-corrected chi connectivity index (χ4v) is 1.67. The molecule has 0 bridgehead atoms. The third-order valence-corrected chi connectivity index (χ3v) is 2.68. The maximum atomic E-state index is 11.9. The van der Waals surface area contributed by atoms with Crippen molar-refractivity contribution in [1.82, 2.24) is 4.90 Å². The number of hydrogen-bond donors (Lipinski definition) is 1. The first-order chi connectivity index (χ1) is 6.82. The largest absolute Gasteiger partial charge is 0.374 e. The molecule has 1 rings (SSSR count). The second-order valence-corrected chi connectivity index (χ2v) is 5.13. The van der Waals surface area contributed by atoms with Gasteiger partial charge in [-0.2, -0.15) is 0 Å². The number of nitrogens with zero attached hydrogens (tertiary/aromatic N) is 1. The van der Waals surface area contributed by atoms with Gasteiger partial charge in [-0.05, 0) is 19.8 Å². The molecule has 15 heavy (non-hydrogen) atoms. The lowest BCUT2D eigenvalue weighted by molar-refractivity contribution is -0.145. The second-order valence-electron chi connectivity index (χ2n) is 5.13. The highest BCUT2D eigenvalue weighted by molar-refractivity contribution is 5.85. The highest BCUT2D eigenvalue weighted by atomic mass is 16.5. The number of rotatable bonds is 2. The molecule has 4 nitrogen and oxygen atoms in total. The zero-order valence-electron chi connectivity index (χ0n) is 10.1. The van der Waals surface area contributed by atoms with Crippen molar-refractivity contribution in [2.45, 2.75) is 39.3 Å². The fourth-order valence-electron chi connectivity index (χ4n) is 1.67. The Morgan fingerprint density at radius 3 is 2.60 bits per heavy atom. The van der Waals surface area contributed by atoms with Crippen molar-refractivity contribution in [3.8, 4) is 0 Å². The molecular weight excluding hydrogens is 192 g/mol. The second kappa shape index (κ2) is 4.49. The molecule has 0 aliphatic carbocycles. The van der Waals surface area contributed by atoms with Crippen molar-refractivity contribution in [3.05, 3.63) is 0 Å². The van der Waals surface area contributed by atoms with E-state index in [1.54, 1.807) is 13.8 Å². The molecule has 1 heterocycles. The van der Waals surface area contributed by atoms with Gasteiger partial charge in [0, 0.05) is 13.1 Å². The third kappa shape index (κ3) is 3.18. The van der Waals surface area contributed by atoms with Gasteiger partial charge >= 0.3 is 0 Å². The molecule has 1 saturated heterocycles. The zero-order valence-corrected chi connectivity index (χ0v) is 10.1. The van der Waals surface area contributed by atoms with Gasteiger partial charge in [-0.3, -0.25) is 4.79 Å². The molecular formula is C11H22N2O2. The average molecular weight is 214 g/mol. The molecule has 1 atom stereocenters. The molecule has 1 aliphatic heterocycles. The maximum absolute atomic E-state index is 11.9. The summed E-state index contributed by atoms with van der Waals surface area (Å²) in [6.45, 7) is 9.63. The lowest BCUT2D eigenvalue weighted by Crippen LogP contribution is -2.56. The number of carbonyl (C=O) groups excluding carboxylic acids is 1. The number of hydrogen-bond acceptors (Lipinski definition) is 3. The summed E-state index contributed by atoms with van der Waals surface area (Å²) in [4.78, 5) is 13.7. The Bertz CT molecular complexity index is 233. The standard InChI is InChI=1S/C11H22N2O2/c1-8(2)9-7-13(5-6-15-9)10(14)11(3,4)12/h8-9H,5-7,12H2,1-4H3. The SMILES string of the molecule is CC(C)C1CN(C(=O)C(C)(C)N)CCO1. The number of ether oxygens (including phenoxy) is 1. The van der Waals surface area contributed by atoms with Crippen LogP contribution in [0.2, 0.25) is 0 Å². The Morgan fingerprint density at radius 2 is 2.13 bits per heavy atom. The Hall–Kier alpha value is -0.610. The monoisotopic (exact) mass is 214 g/mol. The van der Waals surface area contributed by atoms with E-state index in [2.05, 4.69) is 13.8 Å². The summed E-state index contributed by atoms with van der Waals surface area (Å²) < 4.78 is 5.60. The molecule has 1 aliphatic rings. The fraction of sp³-hybridized carbons (Fsp3) is 0.909. The molecule has 1 fully saturated rings. The maximum Gasteiger partial charge on any atom is 0.242 e. The molecule has 0 aromatic heterocycles. The first kappa shape index (κ1) is 12.5. The average Bonchev–Trinajstić information content (AvgIpc) is 2.15. The van der Waals surface area contributed by atoms with Gasteiger partial charge in [-0.25, -0.2) is 0 Å². The van der Waals surface area contributed by atoms with Crippen molar-refractivity contribution >= 4 is 5.91 Å². The van der Waals surface area contributed by atoms with E-state index in [-0.39, 0.29) is 12.0 Å². The zero-order chi connectivity index (χ0) is 11.6. The van der Waals surface area contributed by atoms with Crippen LogP contribution in [0.4, 0.5) is 0 Å². The van der Waals surface area contributed by atoms with Gasteiger partial charge in [0.1, 0.15) is 0 Å². The van der Waals surface area contributed by atoms with Crippen LogP contribution in [0, 0.1) is 5.92 Å². The molecule has 1 unspecified atom stereocenters. The van der Waals surface area contributed by atoms with Crippen LogP contribution in [0.3, 0.4) is 0 Å². The summed E-state index contributed by atoms with van der Waals surface area (Å²) in [5.41, 5.74) is 5.02. The van der Waals surface area contributed by atoms with Crippen LogP contribution in [0.25, 0.3) is 0 Å². The number of amides is 1. The van der Waals surface area contributed by atoms with E-state index in [1.165, 1.54) is 0 Å². The van der Waals surface area contributed by atoms with Gasteiger partial charge < -0.3 is 15.4 Å². The van der Waals surface area contributed by atoms with Gasteiger partial charge in [-0.15, -0.1) is 0 Å². The van der Waals surface area contributed by atoms with Crippen LogP contribution in [-0.2, 0) is 9.53 Å². The minimum Gasteiger partial charge on any atom is -0.374 e. The minimum absolute atomic E-state index is 0.0106. The van der Waals surface area contributed by atoms with Gasteiger partial charge in [0.25, 0.3) is 0 Å². The van der Waals surface area contributed by atoms with Gasteiger partial charge in [0.15, 0.2) is 0 Å². The molecule has 0 aromatic carbocycles. The van der Waals surface area contributed by atoms with Crippen molar-refractivity contribution in [3.63, 3.8) is 0 Å². The topological polar surface area (TPSA) is 55.6 Å². The van der Waals surface area contributed by atoms with Crippen LogP contribution in [0.1, 0.15) is 27.7 Å². The number of nitrogens with two attached hydrogens (primary N) is 1. The molecule has 4 heteroatoms. The smallest absolute Gasteiger partial charge is 0.242 e. The first-order valence-electron chi connectivity index (χ1n) is 5.52. The van der Waals surface area contributed by atoms with Gasteiger partial charge in [0.2, 0.25) is 5.91 Å². The van der Waals surface area contributed by atoms with Crippen LogP contribution < -0.4 is 5.73 Å². The van der Waals surface area contributed by atoms with E-state index >= 15 is 0 Å². The van der Waals surface area contributed by atoms with Crippen LogP contribution in [0.5, 0.6) is 0 Å². The summed E-state index contributed by atoms with van der Waals surface area (Å²) in [5.74, 6) is 0.443. The third-order valence-electron chi connectivity index (χ3n) is 2.68. The predicted molar refractivity (Wildman–Crippen MR) is 59.4 cm³/mol. The molecule has 0 radical (unpaired) electrons. The molecule has 0 saturated carbocycles. The Kier molecular flexibility index (Phi) is 3.73. The number of carbonyl (C=O) groups is 1. The quantitative estimate of drug-likeness (QED) is 0.732. The molecule has 88 valence electrons. The summed E-state index contributed by atoms with van der Waals surface area (Å²) in [7, 11) is 0. The normalized spacial score (nSPS) is 23.3. The van der Waals surface area contributed by atoms with Crippen molar-refractivity contribution in [2.75, 3.05) is 19.7 Å². The Morgan fingerprint density at radius 1 is 1.53 bits per heavy atom. The lowest BCUT2D eigenvalue weighted by Gasteiger charge is -2.37. The number of morpholine rings is 1. The predicted octanol–water partition coefficient (Wildman–Crippen LogP) is 0.607. The summed E-state index contributed by atoms with van der Waals surface area (Å²) in [5, 5.41) is 0. The van der Waals surface area contributed by atoms with E-state index in [0.29, 0.717) is 25.6 Å². The van der Waals surface area contributed by atoms with E-state index in [9.17, 15) is 4.79 Å². The van der Waals surface area contributed by atoms with E-state index in [0.717, 1.165) is 0 Å². The van der Waals surface area contributed by atoms with Crippen LogP contribution in [-0.4, -0.2) is 42.1 Å². The Labute approximate surface area is 91.8 Å². The molecule has 0 aromatic rings. The van der Waals surface area contributed by atoms with Crippen molar-refractivity contribution in [1.29, 1.82) is 0 Å². The highest BCUT2D eigenvalue weighted by Crippen LogP contribution is 2.15. The summed E-state index contributed by atoms with van der Waals surface area (Å²) in [6.07, 6.45) is 0.144. The lowest BCUT2D eigenvalue weighted by atomic mass is 10.0. The van der Waals surface area contributed by atoms with E-state index < -0.39 is 5.54 Å². The van der Waals surface area contributed by atoms with Crippen LogP contribution in [0.15, 0.2) is 0 Å². The van der Waals surface area contributed by atoms with Gasteiger partial charge in [0.05, 0.1) is 18.2 Å². The highest BCUT2D eigenvalue weighted by Gasteiger charge is 2.32. The van der Waals surface area contributed by atoms with E-state index in [4.69, 9.17) is 10.5 Å². The first-order valence-corrected chi connectivity index (χ1v) is 5.52.